The number of halogens is 1. The predicted molar refractivity (Wildman–Crippen MR) is 80.3 cm³/mol. The van der Waals surface area contributed by atoms with E-state index in [1.54, 1.807) is 24.3 Å². The molecule has 0 unspecified atom stereocenters. The van der Waals surface area contributed by atoms with Crippen molar-refractivity contribution in [3.63, 3.8) is 0 Å². The van der Waals surface area contributed by atoms with Gasteiger partial charge in [0.15, 0.2) is 0 Å². The van der Waals surface area contributed by atoms with Gasteiger partial charge >= 0.3 is 5.97 Å². The Labute approximate surface area is 125 Å². The molecule has 0 amide bonds. The fraction of sp³-hybridized carbons (Fsp3) is 0.533. The number of carbonyl (C=O) groups excluding carboxylic acids is 1. The average Bonchev–Trinajstić information content (AvgIpc) is 2.41. The van der Waals surface area contributed by atoms with E-state index >= 15 is 0 Å². The Hall–Kier alpha value is -1.10. The lowest BCUT2D eigenvalue weighted by Gasteiger charge is -2.33. The van der Waals surface area contributed by atoms with Crippen LogP contribution in [0.15, 0.2) is 24.3 Å². The van der Waals surface area contributed by atoms with E-state index < -0.39 is 0 Å². The van der Waals surface area contributed by atoms with Gasteiger partial charge in [-0.25, -0.2) is 4.79 Å². The van der Waals surface area contributed by atoms with Crippen LogP contribution < -0.4 is 0 Å². The summed E-state index contributed by atoms with van der Waals surface area (Å²) in [5.41, 5.74) is 0.430. The van der Waals surface area contributed by atoms with Crippen molar-refractivity contribution in [2.24, 2.45) is 0 Å². The van der Waals surface area contributed by atoms with Crippen LogP contribution in [-0.2, 0) is 4.74 Å². The lowest BCUT2D eigenvalue weighted by Crippen LogP contribution is -2.47. The minimum absolute atomic E-state index is 0.137. The molecule has 2 rings (SSSR count). The fourth-order valence-corrected chi connectivity index (χ4v) is 2.52. The molecule has 0 N–H and O–H groups in total. The third kappa shape index (κ3) is 4.20. The van der Waals surface area contributed by atoms with Crippen molar-refractivity contribution in [3.05, 3.63) is 34.9 Å². The summed E-state index contributed by atoms with van der Waals surface area (Å²) >= 11 is 5.99. The second-order valence-electron chi connectivity index (χ2n) is 5.30. The molecule has 1 atom stereocenters. The summed E-state index contributed by atoms with van der Waals surface area (Å²) < 4.78 is 5.47. The zero-order chi connectivity index (χ0) is 14.5. The highest BCUT2D eigenvalue weighted by Crippen LogP contribution is 2.16. The van der Waals surface area contributed by atoms with Crippen molar-refractivity contribution >= 4 is 17.6 Å². The first-order valence-electron chi connectivity index (χ1n) is 6.92. The van der Waals surface area contributed by atoms with E-state index in [0.717, 1.165) is 32.7 Å². The van der Waals surface area contributed by atoms with E-state index in [0.29, 0.717) is 10.6 Å². The molecule has 4 nitrogen and oxygen atoms in total. The van der Waals surface area contributed by atoms with Gasteiger partial charge < -0.3 is 9.64 Å². The van der Waals surface area contributed by atoms with E-state index in [4.69, 9.17) is 16.3 Å². The smallest absolute Gasteiger partial charge is 0.339 e. The van der Waals surface area contributed by atoms with E-state index in [-0.39, 0.29) is 12.1 Å². The molecule has 1 aliphatic rings. The molecule has 1 aliphatic heterocycles. The monoisotopic (exact) mass is 296 g/mol. The van der Waals surface area contributed by atoms with Gasteiger partial charge in [-0.15, -0.1) is 0 Å². The highest BCUT2D eigenvalue weighted by molar-refractivity contribution is 6.33. The molecule has 0 saturated carbocycles. The molecule has 110 valence electrons. The minimum Gasteiger partial charge on any atom is -0.458 e. The Balaban J connectivity index is 1.84. The maximum absolute atomic E-state index is 12.0. The van der Waals surface area contributed by atoms with Crippen LogP contribution in [0.2, 0.25) is 5.02 Å². The van der Waals surface area contributed by atoms with Gasteiger partial charge in [-0.2, -0.15) is 0 Å². The topological polar surface area (TPSA) is 32.8 Å². The van der Waals surface area contributed by atoms with Crippen LogP contribution in [0.3, 0.4) is 0 Å². The van der Waals surface area contributed by atoms with Crippen molar-refractivity contribution in [3.8, 4) is 0 Å². The van der Waals surface area contributed by atoms with Crippen LogP contribution in [0.4, 0.5) is 0 Å². The molecule has 20 heavy (non-hydrogen) atoms. The van der Waals surface area contributed by atoms with E-state index in [1.165, 1.54) is 0 Å². The molecule has 0 aromatic heterocycles. The van der Waals surface area contributed by atoms with Crippen LogP contribution in [0.25, 0.3) is 0 Å². The summed E-state index contributed by atoms with van der Waals surface area (Å²) in [6.07, 6.45) is -0.137. The molecule has 5 heteroatoms. The Morgan fingerprint density at radius 3 is 2.60 bits per heavy atom. The van der Waals surface area contributed by atoms with Gasteiger partial charge in [0, 0.05) is 32.7 Å². The third-order valence-corrected chi connectivity index (χ3v) is 3.84. The maximum atomic E-state index is 12.0. The Kier molecular flexibility index (Phi) is 5.40. The van der Waals surface area contributed by atoms with Gasteiger partial charge in [0.05, 0.1) is 10.6 Å². The third-order valence-electron chi connectivity index (χ3n) is 3.51. The van der Waals surface area contributed by atoms with Crippen LogP contribution in [0, 0.1) is 0 Å². The number of esters is 1. The Morgan fingerprint density at radius 2 is 1.95 bits per heavy atom. The Morgan fingerprint density at radius 1 is 1.30 bits per heavy atom. The van der Waals surface area contributed by atoms with Gasteiger partial charge in [0.1, 0.15) is 6.10 Å². The van der Waals surface area contributed by atoms with Crippen LogP contribution in [0.5, 0.6) is 0 Å². The number of nitrogens with zero attached hydrogens (tertiary/aromatic N) is 2. The van der Waals surface area contributed by atoms with Crippen molar-refractivity contribution < 1.29 is 9.53 Å². The number of hydrogen-bond acceptors (Lipinski definition) is 4. The van der Waals surface area contributed by atoms with Gasteiger partial charge in [0.25, 0.3) is 0 Å². The number of rotatable bonds is 4. The summed E-state index contributed by atoms with van der Waals surface area (Å²) in [6.45, 7) is 6.85. The number of likely N-dealkylation sites (N-methyl/N-ethyl adjacent to an activating group) is 1. The fourth-order valence-electron chi connectivity index (χ4n) is 2.30. The zero-order valence-electron chi connectivity index (χ0n) is 12.0. The minimum atomic E-state index is -0.350. The number of carbonyl (C=O) groups is 1. The molecule has 0 bridgehead atoms. The normalized spacial score (nSPS) is 18.8. The average molecular weight is 297 g/mol. The van der Waals surface area contributed by atoms with E-state index in [1.807, 2.05) is 6.92 Å². The number of benzene rings is 1. The zero-order valence-corrected chi connectivity index (χ0v) is 12.8. The Bertz CT molecular complexity index is 459. The number of hydrogen-bond donors (Lipinski definition) is 0. The van der Waals surface area contributed by atoms with Crippen molar-refractivity contribution in [2.75, 3.05) is 39.8 Å². The van der Waals surface area contributed by atoms with E-state index in [2.05, 4.69) is 16.8 Å². The lowest BCUT2D eigenvalue weighted by molar-refractivity contribution is 0.0207. The summed E-state index contributed by atoms with van der Waals surface area (Å²) in [5.74, 6) is -0.350. The van der Waals surface area contributed by atoms with Gasteiger partial charge in [-0.05, 0) is 26.1 Å². The summed E-state index contributed by atoms with van der Waals surface area (Å²) in [4.78, 5) is 16.7. The van der Waals surface area contributed by atoms with Crippen molar-refractivity contribution in [1.29, 1.82) is 0 Å². The SMILES string of the molecule is C[C@@H](CN1CCN(C)CC1)OC(=O)c1ccccc1Cl. The maximum Gasteiger partial charge on any atom is 0.339 e. The van der Waals surface area contributed by atoms with Crippen LogP contribution in [-0.4, -0.2) is 61.6 Å². The summed E-state index contributed by atoms with van der Waals surface area (Å²) in [7, 11) is 2.12. The highest BCUT2D eigenvalue weighted by Gasteiger charge is 2.19. The van der Waals surface area contributed by atoms with E-state index in [9.17, 15) is 4.79 Å². The molecule has 0 aliphatic carbocycles. The molecular weight excluding hydrogens is 276 g/mol. The van der Waals surface area contributed by atoms with Crippen molar-refractivity contribution in [1.82, 2.24) is 9.80 Å². The quantitative estimate of drug-likeness (QED) is 0.797. The standard InChI is InChI=1S/C15H21ClN2O2/c1-12(11-18-9-7-17(2)8-10-18)20-15(19)13-5-3-4-6-14(13)16/h3-6,12H,7-11H2,1-2H3/t12-/m0/s1. The first-order chi connectivity index (χ1) is 9.56. The number of piperazine rings is 1. The van der Waals surface area contributed by atoms with Crippen molar-refractivity contribution in [2.45, 2.75) is 13.0 Å². The first kappa shape index (κ1) is 15.3. The predicted octanol–water partition coefficient (Wildman–Crippen LogP) is 2.13. The molecule has 1 saturated heterocycles. The van der Waals surface area contributed by atoms with Gasteiger partial charge in [0.2, 0.25) is 0 Å². The molecular formula is C15H21ClN2O2. The lowest BCUT2D eigenvalue weighted by atomic mass is 10.2. The molecule has 1 heterocycles. The van der Waals surface area contributed by atoms with Gasteiger partial charge in [-0.3, -0.25) is 4.90 Å². The molecule has 1 aromatic carbocycles. The molecule has 1 aromatic rings. The summed E-state index contributed by atoms with van der Waals surface area (Å²) in [5, 5.41) is 0.435. The highest BCUT2D eigenvalue weighted by atomic mass is 35.5. The molecule has 1 fully saturated rings. The second-order valence-corrected chi connectivity index (χ2v) is 5.71. The summed E-state index contributed by atoms with van der Waals surface area (Å²) in [6, 6.07) is 6.97. The first-order valence-corrected chi connectivity index (χ1v) is 7.30. The molecule has 0 radical (unpaired) electrons. The molecule has 0 spiro atoms. The van der Waals surface area contributed by atoms with Crippen LogP contribution in [0.1, 0.15) is 17.3 Å². The number of ether oxygens (including phenoxy) is 1. The second kappa shape index (κ2) is 7.07. The van der Waals surface area contributed by atoms with Crippen LogP contribution >= 0.6 is 11.6 Å². The largest absolute Gasteiger partial charge is 0.458 e. The van der Waals surface area contributed by atoms with Gasteiger partial charge in [-0.1, -0.05) is 23.7 Å².